The van der Waals surface area contributed by atoms with Crippen molar-refractivity contribution in [1.82, 2.24) is 15.5 Å². The summed E-state index contributed by atoms with van der Waals surface area (Å²) in [4.78, 5) is 24.8. The van der Waals surface area contributed by atoms with Crippen molar-refractivity contribution in [3.63, 3.8) is 0 Å². The number of nitrogens with one attached hydrogen (secondary N) is 2. The van der Waals surface area contributed by atoms with Crippen LogP contribution in [0.1, 0.15) is 20.3 Å². The molecule has 20 heavy (non-hydrogen) atoms. The molecule has 0 bridgehead atoms. The Labute approximate surface area is 121 Å². The van der Waals surface area contributed by atoms with Crippen molar-refractivity contribution < 1.29 is 14.3 Å². The first-order valence-electron chi connectivity index (χ1n) is 6.87. The third-order valence-corrected chi connectivity index (χ3v) is 2.96. The van der Waals surface area contributed by atoms with Crippen LogP contribution in [0.4, 0.5) is 4.79 Å². The lowest BCUT2D eigenvalue weighted by atomic mass is 10.0. The molecule has 3 amide bonds. The fraction of sp³-hybridized carbons (Fsp3) is 0.846. The van der Waals surface area contributed by atoms with Crippen molar-refractivity contribution in [2.45, 2.75) is 26.3 Å². The van der Waals surface area contributed by atoms with Crippen LogP contribution in [0.3, 0.4) is 0 Å². The summed E-state index contributed by atoms with van der Waals surface area (Å²) in [5.41, 5.74) is 5.94. The molecular weight excluding hydrogens is 260 g/mol. The zero-order chi connectivity index (χ0) is 15.5. The first kappa shape index (κ1) is 18.8. The van der Waals surface area contributed by atoms with Crippen LogP contribution in [0.2, 0.25) is 0 Å². The van der Waals surface area contributed by atoms with Gasteiger partial charge in [0, 0.05) is 19.7 Å². The van der Waals surface area contributed by atoms with E-state index in [1.54, 1.807) is 7.11 Å². The van der Waals surface area contributed by atoms with Crippen LogP contribution in [0.5, 0.6) is 0 Å². The smallest absolute Gasteiger partial charge is 0.321 e. The Morgan fingerprint density at radius 2 is 2.00 bits per heavy atom. The highest BCUT2D eigenvalue weighted by atomic mass is 16.5. The van der Waals surface area contributed by atoms with Crippen molar-refractivity contribution in [3.05, 3.63) is 0 Å². The molecular formula is C13H28N4O3. The number of rotatable bonds is 9. The summed E-state index contributed by atoms with van der Waals surface area (Å²) in [5, 5.41) is 4.78. The number of hydrogen-bond acceptors (Lipinski definition) is 5. The predicted molar refractivity (Wildman–Crippen MR) is 78.3 cm³/mol. The Balaban J connectivity index is 3.81. The van der Waals surface area contributed by atoms with Crippen LogP contribution >= 0.6 is 0 Å². The zero-order valence-corrected chi connectivity index (χ0v) is 12.9. The quantitative estimate of drug-likeness (QED) is 0.509. The van der Waals surface area contributed by atoms with E-state index in [4.69, 9.17) is 10.5 Å². The first-order chi connectivity index (χ1) is 9.36. The summed E-state index contributed by atoms with van der Waals surface area (Å²) in [6.45, 7) is 5.81. The lowest BCUT2D eigenvalue weighted by Crippen LogP contribution is -2.45. The van der Waals surface area contributed by atoms with Gasteiger partial charge in [-0.15, -0.1) is 0 Å². The largest absolute Gasteiger partial charge is 0.383 e. The van der Waals surface area contributed by atoms with Crippen LogP contribution in [0, 0.1) is 5.92 Å². The third kappa shape index (κ3) is 9.71. The number of amides is 3. The highest BCUT2D eigenvalue weighted by molar-refractivity contribution is 5.95. The molecule has 7 nitrogen and oxygen atoms in total. The average Bonchev–Trinajstić information content (AvgIpc) is 2.35. The molecule has 0 radical (unpaired) electrons. The number of urea groups is 1. The Kier molecular flexibility index (Phi) is 9.96. The predicted octanol–water partition coefficient (Wildman–Crippen LogP) is -0.236. The molecule has 0 aliphatic heterocycles. The van der Waals surface area contributed by atoms with Crippen molar-refractivity contribution in [2.24, 2.45) is 11.7 Å². The van der Waals surface area contributed by atoms with E-state index in [2.05, 4.69) is 24.5 Å². The standard InChI is InChI=1S/C13H28N4O3/c1-10(2)11(14)5-7-17(3)9-12(18)16-13(19)15-6-8-20-4/h10-11H,5-9,14H2,1-4H3,(H2,15,16,18,19). The van der Waals surface area contributed by atoms with Crippen LogP contribution in [-0.2, 0) is 9.53 Å². The first-order valence-corrected chi connectivity index (χ1v) is 6.87. The van der Waals surface area contributed by atoms with E-state index in [0.29, 0.717) is 19.1 Å². The zero-order valence-electron chi connectivity index (χ0n) is 12.9. The topological polar surface area (TPSA) is 96.7 Å². The molecule has 1 atom stereocenters. The highest BCUT2D eigenvalue weighted by Crippen LogP contribution is 2.03. The van der Waals surface area contributed by atoms with Gasteiger partial charge in [-0.25, -0.2) is 4.79 Å². The number of carbonyl (C=O) groups is 2. The van der Waals surface area contributed by atoms with Gasteiger partial charge in [-0.2, -0.15) is 0 Å². The van der Waals surface area contributed by atoms with E-state index in [1.165, 1.54) is 0 Å². The molecule has 4 N–H and O–H groups in total. The van der Waals surface area contributed by atoms with Gasteiger partial charge in [0.25, 0.3) is 0 Å². The van der Waals surface area contributed by atoms with Gasteiger partial charge in [0.1, 0.15) is 0 Å². The maximum absolute atomic E-state index is 11.6. The minimum Gasteiger partial charge on any atom is -0.383 e. The maximum Gasteiger partial charge on any atom is 0.321 e. The molecule has 7 heteroatoms. The van der Waals surface area contributed by atoms with E-state index in [9.17, 15) is 9.59 Å². The highest BCUT2D eigenvalue weighted by Gasteiger charge is 2.12. The molecule has 0 spiro atoms. The second-order valence-corrected chi connectivity index (χ2v) is 5.23. The van der Waals surface area contributed by atoms with Crippen molar-refractivity contribution >= 4 is 11.9 Å². The normalized spacial score (nSPS) is 12.6. The lowest BCUT2D eigenvalue weighted by molar-refractivity contribution is -0.120. The molecule has 0 heterocycles. The summed E-state index contributed by atoms with van der Waals surface area (Å²) < 4.78 is 4.79. The fourth-order valence-electron chi connectivity index (χ4n) is 1.50. The minimum atomic E-state index is -0.501. The summed E-state index contributed by atoms with van der Waals surface area (Å²) >= 11 is 0. The monoisotopic (exact) mass is 288 g/mol. The van der Waals surface area contributed by atoms with Gasteiger partial charge in [-0.3, -0.25) is 15.0 Å². The fourth-order valence-corrected chi connectivity index (χ4v) is 1.50. The number of nitrogens with zero attached hydrogens (tertiary/aromatic N) is 1. The molecule has 0 aromatic rings. The molecule has 118 valence electrons. The van der Waals surface area contributed by atoms with Gasteiger partial charge >= 0.3 is 6.03 Å². The Bertz CT molecular complexity index is 297. The molecule has 0 saturated carbocycles. The van der Waals surface area contributed by atoms with E-state index in [1.807, 2.05) is 11.9 Å². The Morgan fingerprint density at radius 1 is 1.35 bits per heavy atom. The lowest BCUT2D eigenvalue weighted by Gasteiger charge is -2.20. The van der Waals surface area contributed by atoms with E-state index in [0.717, 1.165) is 13.0 Å². The molecule has 0 aliphatic carbocycles. The second-order valence-electron chi connectivity index (χ2n) is 5.23. The summed E-state index contributed by atoms with van der Waals surface area (Å²) in [7, 11) is 3.37. The van der Waals surface area contributed by atoms with Gasteiger partial charge in [0.15, 0.2) is 0 Å². The average molecular weight is 288 g/mol. The van der Waals surface area contributed by atoms with Gasteiger partial charge in [-0.05, 0) is 25.9 Å². The summed E-state index contributed by atoms with van der Waals surface area (Å²) in [6.07, 6.45) is 0.821. The van der Waals surface area contributed by atoms with Crippen LogP contribution in [-0.4, -0.2) is 63.3 Å². The summed E-state index contributed by atoms with van der Waals surface area (Å²) in [6, 6.07) is -0.378. The molecule has 1 unspecified atom stereocenters. The summed E-state index contributed by atoms with van der Waals surface area (Å²) in [5.74, 6) is 0.0873. The number of methoxy groups -OCH3 is 1. The van der Waals surface area contributed by atoms with Crippen molar-refractivity contribution in [3.8, 4) is 0 Å². The van der Waals surface area contributed by atoms with Crippen LogP contribution < -0.4 is 16.4 Å². The number of likely N-dealkylation sites (N-methyl/N-ethyl adjacent to an activating group) is 1. The van der Waals surface area contributed by atoms with Gasteiger partial charge in [0.05, 0.1) is 13.2 Å². The molecule has 0 saturated heterocycles. The van der Waals surface area contributed by atoms with E-state index >= 15 is 0 Å². The van der Waals surface area contributed by atoms with Gasteiger partial charge in [0.2, 0.25) is 5.91 Å². The molecule has 0 rings (SSSR count). The maximum atomic E-state index is 11.6. The van der Waals surface area contributed by atoms with Crippen LogP contribution in [0.25, 0.3) is 0 Å². The number of carbonyl (C=O) groups excluding carboxylic acids is 2. The minimum absolute atomic E-state index is 0.123. The van der Waals surface area contributed by atoms with E-state index in [-0.39, 0.29) is 18.5 Å². The van der Waals surface area contributed by atoms with Gasteiger partial charge < -0.3 is 15.8 Å². The number of hydrogen-bond donors (Lipinski definition) is 3. The van der Waals surface area contributed by atoms with Gasteiger partial charge in [-0.1, -0.05) is 13.8 Å². The Hall–Kier alpha value is -1.18. The third-order valence-electron chi connectivity index (χ3n) is 2.96. The Morgan fingerprint density at radius 3 is 2.55 bits per heavy atom. The van der Waals surface area contributed by atoms with E-state index < -0.39 is 6.03 Å². The second kappa shape index (κ2) is 10.6. The molecule has 0 aromatic heterocycles. The SMILES string of the molecule is COCCNC(=O)NC(=O)CN(C)CCC(N)C(C)C. The molecule has 0 fully saturated rings. The molecule has 0 aliphatic rings. The van der Waals surface area contributed by atoms with Crippen molar-refractivity contribution in [1.29, 1.82) is 0 Å². The van der Waals surface area contributed by atoms with Crippen LogP contribution in [0.15, 0.2) is 0 Å². The number of nitrogens with two attached hydrogens (primary N) is 1. The number of ether oxygens (including phenoxy) is 1. The number of imide groups is 1. The molecule has 0 aromatic carbocycles. The van der Waals surface area contributed by atoms with Crippen molar-refractivity contribution in [2.75, 3.05) is 40.4 Å².